The smallest absolute Gasteiger partial charge is 0.314 e. The fraction of sp³-hybridized carbons (Fsp3) is 0.600. The van der Waals surface area contributed by atoms with Gasteiger partial charge < -0.3 is 48.9 Å². The maximum Gasteiger partial charge on any atom is 0.314 e. The van der Waals surface area contributed by atoms with E-state index in [0.29, 0.717) is 12.8 Å². The minimum Gasteiger partial charge on any atom is -0.462 e. The highest BCUT2D eigenvalue weighted by atomic mass is 16.7. The molecule has 2 unspecified atom stereocenters. The van der Waals surface area contributed by atoms with Gasteiger partial charge in [-0.1, -0.05) is 65.2 Å². The normalized spacial score (nSPS) is 32.7. The number of aliphatic hydroxyl groups is 2. The predicted molar refractivity (Wildman–Crippen MR) is 240 cm³/mol. The molecule has 2 fully saturated rings. The van der Waals surface area contributed by atoms with E-state index in [1.165, 1.54) is 53.2 Å². The standard InChI is InChI=1S/C50H66N2O14/c1-24-16-15-17-25(2)48(59)51-38-39(52-22-26(3)63-27(4)23-52)43(57)35-36(42(38)56)45(65-49(60)33-18-13-12-14-19-33)31(8)46-37(35)47(58)50(10,66-46)62-21-20-34(61-11)28(5)44(64-32(9)53)30(7)41(55)29(6)40(24)54/h15-17,20-21,24,26-30,33-34,40-41,44,54-55H,12-14,18-19,22-23H2,1-11H3,(H,51,59)/t24-,26?,27?,28+,29+,30-,34-,40-,41-,44+,50-/m0/s1. The number of nitrogens with zero attached hydrogens (tertiary/aromatic N) is 1. The summed E-state index contributed by atoms with van der Waals surface area (Å²) < 4.78 is 36.2. The largest absolute Gasteiger partial charge is 0.462 e. The summed E-state index contributed by atoms with van der Waals surface area (Å²) in [5, 5.41) is 25.8. The van der Waals surface area contributed by atoms with Gasteiger partial charge in [0.25, 0.3) is 11.7 Å². The van der Waals surface area contributed by atoms with Gasteiger partial charge in [-0.05, 0) is 46.6 Å². The van der Waals surface area contributed by atoms with E-state index in [1.807, 2.05) is 13.8 Å². The first-order valence-electron chi connectivity index (χ1n) is 23.1. The molecule has 0 radical (unpaired) electrons. The summed E-state index contributed by atoms with van der Waals surface area (Å²) >= 11 is 0. The number of ether oxygens (including phenoxy) is 6. The summed E-state index contributed by atoms with van der Waals surface area (Å²) in [6.45, 7) is 16.5. The zero-order chi connectivity index (χ0) is 48.5. The average Bonchev–Trinajstić information content (AvgIpc) is 3.54. The molecule has 1 aromatic carbocycles. The van der Waals surface area contributed by atoms with Crippen LogP contribution in [0.4, 0.5) is 0 Å². The van der Waals surface area contributed by atoms with Gasteiger partial charge in [0.1, 0.15) is 29.0 Å². The van der Waals surface area contributed by atoms with Crippen LogP contribution in [0, 0.1) is 36.5 Å². The van der Waals surface area contributed by atoms with Crippen molar-refractivity contribution < 1.29 is 67.4 Å². The summed E-state index contributed by atoms with van der Waals surface area (Å²) in [6, 6.07) is 0. The molecule has 4 heterocycles. The molecular formula is C50H66N2O14. The van der Waals surface area contributed by atoms with Gasteiger partial charge in [-0.15, -0.1) is 0 Å². The number of nitrogens with one attached hydrogen (secondary N) is 1. The molecule has 11 atom stereocenters. The summed E-state index contributed by atoms with van der Waals surface area (Å²) in [4.78, 5) is 87.8. The van der Waals surface area contributed by atoms with Crippen molar-refractivity contribution in [2.24, 2.45) is 29.6 Å². The number of hydrogen-bond acceptors (Lipinski definition) is 15. The van der Waals surface area contributed by atoms with Crippen molar-refractivity contribution in [3.8, 4) is 11.5 Å². The Labute approximate surface area is 386 Å². The molecular weight excluding hydrogens is 853 g/mol. The average molecular weight is 919 g/mol. The van der Waals surface area contributed by atoms with E-state index < -0.39 is 107 Å². The van der Waals surface area contributed by atoms with Crippen LogP contribution in [0.3, 0.4) is 0 Å². The summed E-state index contributed by atoms with van der Waals surface area (Å²) in [5.41, 5.74) is -1.26. The number of aliphatic hydroxyl groups excluding tert-OH is 2. The third-order valence-electron chi connectivity index (χ3n) is 13.8. The Morgan fingerprint density at radius 2 is 1.50 bits per heavy atom. The van der Waals surface area contributed by atoms with E-state index in [2.05, 4.69) is 5.32 Å². The van der Waals surface area contributed by atoms with E-state index in [4.69, 9.17) is 28.4 Å². The van der Waals surface area contributed by atoms with Crippen molar-refractivity contribution in [3.05, 3.63) is 69.8 Å². The van der Waals surface area contributed by atoms with Gasteiger partial charge in [-0.25, -0.2) is 0 Å². The van der Waals surface area contributed by atoms with Crippen LogP contribution in [-0.4, -0.2) is 113 Å². The van der Waals surface area contributed by atoms with Crippen LogP contribution in [0.15, 0.2) is 47.5 Å². The Bertz CT molecular complexity index is 2230. The third kappa shape index (κ3) is 9.92. The van der Waals surface area contributed by atoms with Gasteiger partial charge in [-0.2, -0.15) is 0 Å². The predicted octanol–water partition coefficient (Wildman–Crippen LogP) is 5.85. The van der Waals surface area contributed by atoms with Gasteiger partial charge in [0.05, 0.1) is 59.4 Å². The molecule has 7 rings (SSSR count). The molecule has 360 valence electrons. The van der Waals surface area contributed by atoms with Crippen LogP contribution in [0.2, 0.25) is 0 Å². The number of benzene rings is 1. The number of amides is 1. The highest BCUT2D eigenvalue weighted by molar-refractivity contribution is 6.32. The zero-order valence-electron chi connectivity index (χ0n) is 39.9. The maximum absolute atomic E-state index is 15.4. The number of fused-ring (bicyclic) bond motifs is 14. The molecule has 5 bridgehead atoms. The second kappa shape index (κ2) is 20.4. The van der Waals surface area contributed by atoms with Crippen LogP contribution in [0.5, 0.6) is 11.5 Å². The number of hydrogen-bond donors (Lipinski definition) is 3. The molecule has 1 amide bonds. The molecule has 16 nitrogen and oxygen atoms in total. The second-order valence-electron chi connectivity index (χ2n) is 18.9. The Balaban J connectivity index is 1.56. The Morgan fingerprint density at radius 3 is 2.12 bits per heavy atom. The lowest BCUT2D eigenvalue weighted by atomic mass is 9.78. The van der Waals surface area contributed by atoms with Crippen molar-refractivity contribution in [2.75, 3.05) is 20.2 Å². The zero-order valence-corrected chi connectivity index (χ0v) is 39.9. The maximum atomic E-state index is 15.4. The van der Waals surface area contributed by atoms with Crippen LogP contribution in [0.25, 0.3) is 0 Å². The molecule has 1 saturated carbocycles. The van der Waals surface area contributed by atoms with E-state index in [1.54, 1.807) is 44.7 Å². The fourth-order valence-electron chi connectivity index (χ4n) is 9.97. The molecule has 1 saturated heterocycles. The molecule has 0 aromatic heterocycles. The van der Waals surface area contributed by atoms with Gasteiger partial charge in [0.2, 0.25) is 11.6 Å². The molecule has 4 aliphatic heterocycles. The first-order chi connectivity index (χ1) is 31.1. The number of esters is 2. The van der Waals surface area contributed by atoms with E-state index in [-0.39, 0.29) is 63.8 Å². The van der Waals surface area contributed by atoms with E-state index in [9.17, 15) is 29.4 Å². The highest BCUT2D eigenvalue weighted by Gasteiger charge is 2.54. The summed E-state index contributed by atoms with van der Waals surface area (Å²) in [6.07, 6.45) is 6.37. The number of allylic oxidation sites excluding steroid dienone is 4. The molecule has 16 heteroatoms. The topological polar surface area (TPSA) is 214 Å². The van der Waals surface area contributed by atoms with Crippen LogP contribution in [0.1, 0.15) is 131 Å². The van der Waals surface area contributed by atoms with Crippen molar-refractivity contribution in [2.45, 2.75) is 144 Å². The molecule has 1 aromatic rings. The second-order valence-corrected chi connectivity index (χ2v) is 18.9. The number of methoxy groups -OCH3 is 1. The molecule has 66 heavy (non-hydrogen) atoms. The van der Waals surface area contributed by atoms with Gasteiger partial charge in [-0.3, -0.25) is 28.8 Å². The lowest BCUT2D eigenvalue weighted by Gasteiger charge is -2.39. The van der Waals surface area contributed by atoms with Gasteiger partial charge >= 0.3 is 17.7 Å². The van der Waals surface area contributed by atoms with Crippen molar-refractivity contribution >= 4 is 35.2 Å². The Hall–Kier alpha value is -5.16. The lowest BCUT2D eigenvalue weighted by molar-refractivity contribution is -0.160. The highest BCUT2D eigenvalue weighted by Crippen LogP contribution is 2.50. The SMILES string of the molecule is CO[C@H]1C=CO[C@@]2(C)Oc3c(C)c(OC(=O)C4CCCCC4)c4c(c3C2=O)C(=O)C(N2CC(C)OC(C)C2)=C(NC(=O)C(C)=CC=C[C@H](C)[C@H](O)[C@@H](C)[C@H](O)[C@H](C)[C@H](OC(C)=O)[C@@H]1C)C4=O. The summed E-state index contributed by atoms with van der Waals surface area (Å²) in [5.74, 6) is -9.92. The molecule has 6 aliphatic rings. The minimum atomic E-state index is -2.13. The number of carbonyl (C=O) groups excluding carboxylic acids is 6. The monoisotopic (exact) mass is 918 g/mol. The van der Waals surface area contributed by atoms with Crippen molar-refractivity contribution in [3.63, 3.8) is 0 Å². The Morgan fingerprint density at radius 1 is 0.848 bits per heavy atom. The first-order valence-corrected chi connectivity index (χ1v) is 23.1. The van der Waals surface area contributed by atoms with Gasteiger partial charge in [0, 0.05) is 68.9 Å². The lowest BCUT2D eigenvalue weighted by Crippen LogP contribution is -2.49. The molecule has 0 spiro atoms. The van der Waals surface area contributed by atoms with Crippen LogP contribution < -0.4 is 14.8 Å². The number of carbonyl (C=O) groups is 6. The van der Waals surface area contributed by atoms with Crippen molar-refractivity contribution in [1.29, 1.82) is 0 Å². The number of ketones is 3. The molecule has 2 aliphatic carbocycles. The first kappa shape index (κ1) is 50.3. The Kier molecular flexibility index (Phi) is 15.5. The molecule has 3 N–H and O–H groups in total. The van der Waals surface area contributed by atoms with Gasteiger partial charge in [0.15, 0.2) is 0 Å². The van der Waals surface area contributed by atoms with E-state index >= 15 is 9.59 Å². The summed E-state index contributed by atoms with van der Waals surface area (Å²) in [7, 11) is 1.43. The third-order valence-corrected chi connectivity index (χ3v) is 13.8. The van der Waals surface area contributed by atoms with E-state index in [0.717, 1.165) is 19.3 Å². The van der Waals surface area contributed by atoms with Crippen LogP contribution >= 0.6 is 0 Å². The number of Topliss-reactive ketones (excluding diaryl/α,β-unsaturated/α-hetero) is 3. The number of rotatable bonds is 5. The van der Waals surface area contributed by atoms with Crippen molar-refractivity contribution in [1.82, 2.24) is 10.2 Å². The number of morpholine rings is 1. The fourth-order valence-corrected chi connectivity index (χ4v) is 9.97. The van der Waals surface area contributed by atoms with Crippen LogP contribution in [-0.2, 0) is 33.3 Å². The minimum absolute atomic E-state index is 0.0962. The quantitative estimate of drug-likeness (QED) is 0.234.